The molecular formula is C25H23FN2O4. The number of morpholine rings is 1. The fourth-order valence-electron chi connectivity index (χ4n) is 3.66. The number of nitrogens with one attached hydrogen (secondary N) is 1. The molecule has 164 valence electrons. The summed E-state index contributed by atoms with van der Waals surface area (Å²) in [6.45, 7) is 0.366. The summed E-state index contributed by atoms with van der Waals surface area (Å²) in [6.07, 6.45) is -0.987. The molecule has 1 heterocycles. The lowest BCUT2D eigenvalue weighted by Gasteiger charge is -2.38. The zero-order valence-corrected chi connectivity index (χ0v) is 17.3. The number of amides is 2. The van der Waals surface area contributed by atoms with Crippen LogP contribution in [0.4, 0.5) is 10.1 Å². The number of halogens is 1. The highest BCUT2D eigenvalue weighted by atomic mass is 19.1. The molecule has 0 aromatic heterocycles. The Morgan fingerprint density at radius 3 is 2.44 bits per heavy atom. The number of nitrogens with zero attached hydrogens (tertiary/aromatic N) is 1. The van der Waals surface area contributed by atoms with Crippen LogP contribution in [0.1, 0.15) is 27.6 Å². The summed E-state index contributed by atoms with van der Waals surface area (Å²) in [4.78, 5) is 26.4. The zero-order chi connectivity index (χ0) is 22.5. The van der Waals surface area contributed by atoms with Gasteiger partial charge in [0, 0.05) is 17.8 Å². The Kier molecular flexibility index (Phi) is 6.58. The molecule has 2 N–H and O–H groups in total. The van der Waals surface area contributed by atoms with Crippen LogP contribution in [0.25, 0.3) is 0 Å². The van der Waals surface area contributed by atoms with E-state index in [2.05, 4.69) is 5.32 Å². The first-order valence-electron chi connectivity index (χ1n) is 10.3. The monoisotopic (exact) mass is 434 g/mol. The molecule has 1 aliphatic heterocycles. The van der Waals surface area contributed by atoms with Gasteiger partial charge in [-0.2, -0.15) is 0 Å². The molecule has 0 aliphatic carbocycles. The van der Waals surface area contributed by atoms with Crippen molar-refractivity contribution in [3.63, 3.8) is 0 Å². The van der Waals surface area contributed by atoms with E-state index in [1.54, 1.807) is 65.6 Å². The van der Waals surface area contributed by atoms with Crippen LogP contribution in [0.15, 0.2) is 78.9 Å². The van der Waals surface area contributed by atoms with Crippen LogP contribution in [0, 0.1) is 5.82 Å². The molecule has 2 atom stereocenters. The molecule has 7 heteroatoms. The number of hydrogen-bond donors (Lipinski definition) is 2. The second-order valence-electron chi connectivity index (χ2n) is 7.62. The maximum Gasteiger partial charge on any atom is 0.255 e. The predicted molar refractivity (Wildman–Crippen MR) is 117 cm³/mol. The summed E-state index contributed by atoms with van der Waals surface area (Å²) in [6, 6.07) is 21.0. The lowest BCUT2D eigenvalue weighted by atomic mass is 9.99. The highest BCUT2D eigenvalue weighted by molar-refractivity contribution is 6.04. The quantitative estimate of drug-likeness (QED) is 0.622. The van der Waals surface area contributed by atoms with E-state index in [0.29, 0.717) is 16.8 Å². The predicted octanol–water partition coefficient (Wildman–Crippen LogP) is 3.54. The average molecular weight is 434 g/mol. The highest BCUT2D eigenvalue weighted by Gasteiger charge is 2.34. The number of hydrogen-bond acceptors (Lipinski definition) is 4. The Hall–Kier alpha value is -3.55. The molecule has 1 saturated heterocycles. The second-order valence-corrected chi connectivity index (χ2v) is 7.62. The van der Waals surface area contributed by atoms with Crippen LogP contribution >= 0.6 is 0 Å². The molecule has 0 saturated carbocycles. The van der Waals surface area contributed by atoms with E-state index in [0.717, 1.165) is 5.56 Å². The largest absolute Gasteiger partial charge is 0.386 e. The number of aliphatic hydroxyl groups is 1. The zero-order valence-electron chi connectivity index (χ0n) is 17.3. The van der Waals surface area contributed by atoms with Crippen molar-refractivity contribution in [2.75, 3.05) is 18.5 Å². The Balaban J connectivity index is 1.46. The van der Waals surface area contributed by atoms with Gasteiger partial charge in [0.25, 0.3) is 5.91 Å². The van der Waals surface area contributed by atoms with Crippen LogP contribution in [-0.2, 0) is 16.1 Å². The van der Waals surface area contributed by atoms with Gasteiger partial charge in [0.15, 0.2) is 0 Å². The third-order valence-electron chi connectivity index (χ3n) is 5.41. The first-order chi connectivity index (χ1) is 15.5. The van der Waals surface area contributed by atoms with E-state index in [1.165, 1.54) is 12.1 Å². The van der Waals surface area contributed by atoms with E-state index in [9.17, 15) is 19.1 Å². The summed E-state index contributed by atoms with van der Waals surface area (Å²) < 4.78 is 18.6. The summed E-state index contributed by atoms with van der Waals surface area (Å²) in [5.74, 6) is -0.815. The molecule has 2 amide bonds. The Labute approximate surface area is 185 Å². The van der Waals surface area contributed by atoms with Crippen LogP contribution in [0.5, 0.6) is 0 Å². The highest BCUT2D eigenvalue weighted by Crippen LogP contribution is 2.27. The first kappa shape index (κ1) is 21.7. The van der Waals surface area contributed by atoms with Gasteiger partial charge in [-0.15, -0.1) is 0 Å². The Morgan fingerprint density at radius 1 is 1.06 bits per heavy atom. The van der Waals surface area contributed by atoms with Crippen LogP contribution in [0.2, 0.25) is 0 Å². The first-order valence-corrected chi connectivity index (χ1v) is 10.3. The van der Waals surface area contributed by atoms with Crippen molar-refractivity contribution in [3.8, 4) is 0 Å². The maximum absolute atomic E-state index is 13.2. The number of rotatable bonds is 6. The van der Waals surface area contributed by atoms with Gasteiger partial charge in [-0.3, -0.25) is 9.59 Å². The molecule has 1 fully saturated rings. The summed E-state index contributed by atoms with van der Waals surface area (Å²) >= 11 is 0. The summed E-state index contributed by atoms with van der Waals surface area (Å²) in [5, 5.41) is 13.8. The second kappa shape index (κ2) is 9.72. The summed E-state index contributed by atoms with van der Waals surface area (Å²) in [7, 11) is 0. The van der Waals surface area contributed by atoms with Crippen molar-refractivity contribution in [1.29, 1.82) is 0 Å². The smallest absolute Gasteiger partial charge is 0.255 e. The maximum atomic E-state index is 13.2. The molecule has 6 nitrogen and oxygen atoms in total. The fraction of sp³-hybridized carbons (Fsp3) is 0.200. The van der Waals surface area contributed by atoms with Gasteiger partial charge >= 0.3 is 0 Å². The summed E-state index contributed by atoms with van der Waals surface area (Å²) in [5.41, 5.74) is 2.49. The minimum atomic E-state index is -0.987. The Bertz CT molecular complexity index is 1070. The SMILES string of the molecule is O=C(Nc1ccc([C@@H](O)[C@H]2COCC(=O)N2Cc2ccc(F)cc2)cc1)c1ccccc1. The number of aliphatic hydroxyl groups excluding tert-OH is 1. The van der Waals surface area contributed by atoms with Gasteiger partial charge in [0.1, 0.15) is 18.5 Å². The van der Waals surface area contributed by atoms with Gasteiger partial charge in [0.05, 0.1) is 12.6 Å². The number of benzene rings is 3. The van der Waals surface area contributed by atoms with E-state index in [4.69, 9.17) is 4.74 Å². The number of ether oxygens (including phenoxy) is 1. The van der Waals surface area contributed by atoms with Gasteiger partial charge in [0.2, 0.25) is 5.91 Å². The molecule has 0 bridgehead atoms. The third-order valence-corrected chi connectivity index (χ3v) is 5.41. The topological polar surface area (TPSA) is 78.9 Å². The molecule has 3 aromatic carbocycles. The number of carbonyl (C=O) groups is 2. The van der Waals surface area contributed by atoms with Crippen molar-refractivity contribution in [2.24, 2.45) is 0 Å². The molecule has 4 rings (SSSR count). The number of carbonyl (C=O) groups excluding carboxylic acids is 2. The lowest BCUT2D eigenvalue weighted by molar-refractivity contribution is -0.155. The normalized spacial score (nSPS) is 17.1. The lowest BCUT2D eigenvalue weighted by Crippen LogP contribution is -2.51. The van der Waals surface area contributed by atoms with Crippen molar-refractivity contribution in [2.45, 2.75) is 18.7 Å². The minimum Gasteiger partial charge on any atom is -0.386 e. The molecule has 0 spiro atoms. The van der Waals surface area contributed by atoms with Crippen LogP contribution in [-0.4, -0.2) is 41.1 Å². The third kappa shape index (κ3) is 5.01. The van der Waals surface area contributed by atoms with Gasteiger partial charge in [-0.25, -0.2) is 4.39 Å². The van der Waals surface area contributed by atoms with Gasteiger partial charge < -0.3 is 20.1 Å². The van der Waals surface area contributed by atoms with Gasteiger partial charge in [-0.1, -0.05) is 42.5 Å². The standard InChI is InChI=1S/C25H23FN2O4/c26-20-10-6-17(7-11-20)14-28-22(15-32-16-23(28)29)24(30)18-8-12-21(13-9-18)27-25(31)19-4-2-1-3-5-19/h1-13,22,24,30H,14-16H2,(H,27,31)/t22-,24-/m1/s1. The van der Waals surface area contributed by atoms with E-state index >= 15 is 0 Å². The Morgan fingerprint density at radius 2 is 1.75 bits per heavy atom. The average Bonchev–Trinajstić information content (AvgIpc) is 2.82. The number of anilines is 1. The molecular weight excluding hydrogens is 411 g/mol. The fourth-order valence-corrected chi connectivity index (χ4v) is 3.66. The minimum absolute atomic E-state index is 0.0606. The van der Waals surface area contributed by atoms with E-state index < -0.39 is 12.1 Å². The molecule has 1 aliphatic rings. The van der Waals surface area contributed by atoms with Crippen LogP contribution < -0.4 is 5.32 Å². The van der Waals surface area contributed by atoms with Gasteiger partial charge in [-0.05, 0) is 47.5 Å². The van der Waals surface area contributed by atoms with Crippen molar-refractivity contribution >= 4 is 17.5 Å². The molecule has 32 heavy (non-hydrogen) atoms. The molecule has 0 unspecified atom stereocenters. The van der Waals surface area contributed by atoms with E-state index in [-0.39, 0.29) is 37.4 Å². The van der Waals surface area contributed by atoms with Crippen LogP contribution in [0.3, 0.4) is 0 Å². The van der Waals surface area contributed by atoms with Crippen molar-refractivity contribution < 1.29 is 23.8 Å². The molecule has 0 radical (unpaired) electrons. The molecule has 3 aromatic rings. The van der Waals surface area contributed by atoms with E-state index in [1.807, 2.05) is 6.07 Å². The van der Waals surface area contributed by atoms with Crippen molar-refractivity contribution in [3.05, 3.63) is 101 Å². The van der Waals surface area contributed by atoms with Crippen molar-refractivity contribution in [1.82, 2.24) is 4.90 Å².